The molecule has 108 valence electrons. The van der Waals surface area contributed by atoms with E-state index in [1.807, 2.05) is 6.92 Å². The average molecular weight is 313 g/mol. The number of rotatable bonds is 5. The van der Waals surface area contributed by atoms with Crippen LogP contribution in [0, 0.1) is 12.7 Å². The maximum atomic E-state index is 13.3. The van der Waals surface area contributed by atoms with Gasteiger partial charge in [-0.15, -0.1) is 11.3 Å². The Morgan fingerprint density at radius 1 is 1.40 bits per heavy atom. The second-order valence-corrected chi connectivity index (χ2v) is 6.21. The summed E-state index contributed by atoms with van der Waals surface area (Å²) in [4.78, 5) is 5.93. The molecule has 0 amide bonds. The molecule has 20 heavy (non-hydrogen) atoms. The van der Waals surface area contributed by atoms with Crippen molar-refractivity contribution in [3.05, 3.63) is 50.2 Å². The molecular formula is C15H18ClFN2S. The lowest BCUT2D eigenvalue weighted by molar-refractivity contribution is 0.611. The van der Waals surface area contributed by atoms with Crippen molar-refractivity contribution < 1.29 is 4.39 Å². The Morgan fingerprint density at radius 2 is 2.15 bits per heavy atom. The van der Waals surface area contributed by atoms with Gasteiger partial charge >= 0.3 is 0 Å². The first-order valence-electron chi connectivity index (χ1n) is 6.71. The van der Waals surface area contributed by atoms with Gasteiger partial charge in [0.2, 0.25) is 0 Å². The number of aromatic nitrogens is 1. The number of halogens is 2. The molecule has 1 unspecified atom stereocenters. The highest BCUT2D eigenvalue weighted by atomic mass is 35.5. The lowest BCUT2D eigenvalue weighted by Gasteiger charge is -2.16. The van der Waals surface area contributed by atoms with Gasteiger partial charge in [0.15, 0.2) is 0 Å². The molecule has 0 spiro atoms. The Kier molecular flexibility index (Phi) is 5.13. The predicted molar refractivity (Wildman–Crippen MR) is 83.2 cm³/mol. The number of thiazole rings is 1. The number of benzene rings is 1. The number of nitrogens with one attached hydrogen (secondary N) is 1. The highest BCUT2D eigenvalue weighted by Gasteiger charge is 2.19. The van der Waals surface area contributed by atoms with E-state index in [0.29, 0.717) is 0 Å². The van der Waals surface area contributed by atoms with Crippen molar-refractivity contribution in [2.75, 3.05) is 6.54 Å². The van der Waals surface area contributed by atoms with Gasteiger partial charge < -0.3 is 5.32 Å². The molecule has 0 saturated carbocycles. The SMILES string of the molecule is CCNC(c1ccc(F)c(Cl)c1)c1nc(CC)c(C)s1. The molecule has 0 bridgehead atoms. The van der Waals surface area contributed by atoms with Crippen molar-refractivity contribution in [3.8, 4) is 0 Å². The van der Waals surface area contributed by atoms with Crippen LogP contribution in [-0.4, -0.2) is 11.5 Å². The minimum Gasteiger partial charge on any atom is -0.305 e. The molecule has 1 aromatic carbocycles. The molecule has 2 aromatic rings. The first-order chi connectivity index (χ1) is 9.56. The normalized spacial score (nSPS) is 12.7. The van der Waals surface area contributed by atoms with Gasteiger partial charge in [-0.2, -0.15) is 0 Å². The quantitative estimate of drug-likeness (QED) is 0.879. The molecule has 0 aliphatic heterocycles. The molecule has 1 aromatic heterocycles. The zero-order chi connectivity index (χ0) is 14.7. The number of aryl methyl sites for hydroxylation is 2. The minimum absolute atomic E-state index is 0.0397. The molecule has 0 saturated heterocycles. The highest BCUT2D eigenvalue weighted by molar-refractivity contribution is 7.11. The Bertz CT molecular complexity index is 598. The predicted octanol–water partition coefficient (Wildman–Crippen LogP) is 4.51. The van der Waals surface area contributed by atoms with Crippen molar-refractivity contribution in [2.45, 2.75) is 33.2 Å². The van der Waals surface area contributed by atoms with Crippen molar-refractivity contribution >= 4 is 22.9 Å². The monoisotopic (exact) mass is 312 g/mol. The molecule has 0 fully saturated rings. The third-order valence-corrected chi connectivity index (χ3v) is 4.54. The van der Waals surface area contributed by atoms with Crippen LogP contribution >= 0.6 is 22.9 Å². The summed E-state index contributed by atoms with van der Waals surface area (Å²) < 4.78 is 13.3. The molecule has 5 heteroatoms. The van der Waals surface area contributed by atoms with Gasteiger partial charge in [0.05, 0.1) is 16.8 Å². The van der Waals surface area contributed by atoms with Crippen molar-refractivity contribution in [3.63, 3.8) is 0 Å². The van der Waals surface area contributed by atoms with E-state index < -0.39 is 5.82 Å². The zero-order valence-electron chi connectivity index (χ0n) is 11.8. The molecule has 1 heterocycles. The summed E-state index contributed by atoms with van der Waals surface area (Å²) in [6.07, 6.45) is 0.922. The Balaban J connectivity index is 2.41. The average Bonchev–Trinajstić information content (AvgIpc) is 2.80. The number of hydrogen-bond acceptors (Lipinski definition) is 3. The van der Waals surface area contributed by atoms with Crippen LogP contribution in [0.4, 0.5) is 4.39 Å². The van der Waals surface area contributed by atoms with Crippen LogP contribution in [0.5, 0.6) is 0 Å². The van der Waals surface area contributed by atoms with Gasteiger partial charge in [-0.25, -0.2) is 9.37 Å². The third-order valence-electron chi connectivity index (χ3n) is 3.18. The first kappa shape index (κ1) is 15.4. The number of hydrogen-bond donors (Lipinski definition) is 1. The molecule has 2 rings (SSSR count). The van der Waals surface area contributed by atoms with Gasteiger partial charge in [0.25, 0.3) is 0 Å². The zero-order valence-corrected chi connectivity index (χ0v) is 13.4. The van der Waals surface area contributed by atoms with Gasteiger partial charge in [0, 0.05) is 4.88 Å². The summed E-state index contributed by atoms with van der Waals surface area (Å²) in [5, 5.41) is 4.54. The van der Waals surface area contributed by atoms with Crippen LogP contribution in [0.25, 0.3) is 0 Å². The van der Waals surface area contributed by atoms with Gasteiger partial charge in [-0.1, -0.05) is 31.5 Å². The molecule has 1 atom stereocenters. The van der Waals surface area contributed by atoms with E-state index >= 15 is 0 Å². The topological polar surface area (TPSA) is 24.9 Å². The maximum absolute atomic E-state index is 13.3. The lowest BCUT2D eigenvalue weighted by Crippen LogP contribution is -2.22. The Morgan fingerprint density at radius 3 is 2.70 bits per heavy atom. The summed E-state index contributed by atoms with van der Waals surface area (Å²) >= 11 is 7.57. The summed E-state index contributed by atoms with van der Waals surface area (Å²) in [5.41, 5.74) is 2.07. The molecule has 0 aliphatic rings. The minimum atomic E-state index is -0.393. The standard InChI is InChI=1S/C15H18ClFN2S/c1-4-13-9(3)20-15(19-13)14(18-5-2)10-6-7-12(17)11(16)8-10/h6-8,14,18H,4-5H2,1-3H3. The molecule has 1 N–H and O–H groups in total. The van der Waals surface area contributed by atoms with Crippen molar-refractivity contribution in [1.82, 2.24) is 10.3 Å². The largest absolute Gasteiger partial charge is 0.305 e. The summed E-state index contributed by atoms with van der Waals surface area (Å²) in [6, 6.07) is 4.80. The fourth-order valence-corrected chi connectivity index (χ4v) is 3.45. The fraction of sp³-hybridized carbons (Fsp3) is 0.400. The van der Waals surface area contributed by atoms with Crippen molar-refractivity contribution in [1.29, 1.82) is 0 Å². The lowest BCUT2D eigenvalue weighted by atomic mass is 10.1. The molecule has 0 radical (unpaired) electrons. The fourth-order valence-electron chi connectivity index (χ4n) is 2.15. The molecule has 2 nitrogen and oxygen atoms in total. The van der Waals surface area contributed by atoms with E-state index in [2.05, 4.69) is 19.2 Å². The van der Waals surface area contributed by atoms with Crippen LogP contribution in [0.2, 0.25) is 5.02 Å². The summed E-state index contributed by atoms with van der Waals surface area (Å²) in [7, 11) is 0. The number of nitrogens with zero attached hydrogens (tertiary/aromatic N) is 1. The van der Waals surface area contributed by atoms with Crippen LogP contribution in [0.1, 0.15) is 41.0 Å². The van der Waals surface area contributed by atoms with Gasteiger partial charge in [-0.05, 0) is 37.6 Å². The maximum Gasteiger partial charge on any atom is 0.141 e. The Labute approximate surface area is 128 Å². The van der Waals surface area contributed by atoms with E-state index in [1.54, 1.807) is 23.5 Å². The van der Waals surface area contributed by atoms with Crippen LogP contribution in [0.3, 0.4) is 0 Å². The van der Waals surface area contributed by atoms with Crippen LogP contribution in [0.15, 0.2) is 18.2 Å². The van der Waals surface area contributed by atoms with Crippen LogP contribution in [-0.2, 0) is 6.42 Å². The van der Waals surface area contributed by atoms with E-state index in [1.165, 1.54) is 10.9 Å². The first-order valence-corrected chi connectivity index (χ1v) is 7.90. The second kappa shape index (κ2) is 6.66. The van der Waals surface area contributed by atoms with Crippen LogP contribution < -0.4 is 5.32 Å². The molecular weight excluding hydrogens is 295 g/mol. The Hall–Kier alpha value is -0.970. The summed E-state index contributed by atoms with van der Waals surface area (Å²) in [5.74, 6) is -0.393. The second-order valence-electron chi connectivity index (χ2n) is 4.57. The van der Waals surface area contributed by atoms with E-state index in [-0.39, 0.29) is 11.1 Å². The highest BCUT2D eigenvalue weighted by Crippen LogP contribution is 2.30. The summed E-state index contributed by atoms with van der Waals surface area (Å²) in [6.45, 7) is 7.03. The van der Waals surface area contributed by atoms with E-state index in [0.717, 1.165) is 29.2 Å². The smallest absolute Gasteiger partial charge is 0.141 e. The van der Waals surface area contributed by atoms with Gasteiger partial charge in [-0.3, -0.25) is 0 Å². The third kappa shape index (κ3) is 3.19. The van der Waals surface area contributed by atoms with Gasteiger partial charge in [0.1, 0.15) is 10.8 Å². The van der Waals surface area contributed by atoms with Crippen molar-refractivity contribution in [2.24, 2.45) is 0 Å². The molecule has 0 aliphatic carbocycles. The van der Waals surface area contributed by atoms with E-state index in [9.17, 15) is 4.39 Å². The van der Waals surface area contributed by atoms with E-state index in [4.69, 9.17) is 16.6 Å².